The Morgan fingerprint density at radius 3 is 2.50 bits per heavy atom. The van der Waals surface area contributed by atoms with Crippen LogP contribution >= 0.6 is 0 Å². The van der Waals surface area contributed by atoms with Crippen LogP contribution in [0.3, 0.4) is 0 Å². The molecule has 1 atom stereocenters. The summed E-state index contributed by atoms with van der Waals surface area (Å²) in [6.07, 6.45) is -0.576. The molecule has 0 fully saturated rings. The maximum atomic E-state index is 12.1. The van der Waals surface area contributed by atoms with Crippen molar-refractivity contribution in [3.05, 3.63) is 54.1 Å². The fraction of sp³-hybridized carbons (Fsp3) is 0.278. The predicted octanol–water partition coefficient (Wildman–Crippen LogP) is 3.80. The smallest absolute Gasteiger partial charge is 0.265 e. The normalized spacial score (nSPS) is 11.6. The first-order valence-corrected chi connectivity index (χ1v) is 7.35. The highest BCUT2D eigenvalue weighted by molar-refractivity contribution is 5.94. The standard InChI is InChI=1S/C18H21NO3/c1-4-21-16-10-8-15(9-11-16)19-18(20)14(3)22-17-7-5-6-13(2)12-17/h5-12,14H,4H2,1-3H3,(H,19,20). The molecule has 2 aromatic carbocycles. The average molecular weight is 299 g/mol. The van der Waals surface area contributed by atoms with E-state index in [1.54, 1.807) is 6.92 Å². The third kappa shape index (κ3) is 4.52. The van der Waals surface area contributed by atoms with Gasteiger partial charge in [-0.05, 0) is 62.7 Å². The molecule has 116 valence electrons. The van der Waals surface area contributed by atoms with Crippen LogP contribution in [-0.4, -0.2) is 18.6 Å². The van der Waals surface area contributed by atoms with Crippen LogP contribution in [0.15, 0.2) is 48.5 Å². The molecule has 1 N–H and O–H groups in total. The van der Waals surface area contributed by atoms with Gasteiger partial charge in [0.1, 0.15) is 11.5 Å². The van der Waals surface area contributed by atoms with Gasteiger partial charge in [-0.2, -0.15) is 0 Å². The molecule has 0 aliphatic heterocycles. The molecule has 2 aromatic rings. The molecule has 0 aliphatic rings. The number of carbonyl (C=O) groups excluding carboxylic acids is 1. The lowest BCUT2D eigenvalue weighted by Crippen LogP contribution is -2.30. The fourth-order valence-corrected chi connectivity index (χ4v) is 1.99. The van der Waals surface area contributed by atoms with E-state index in [0.717, 1.165) is 11.3 Å². The Kier molecular flexibility index (Phi) is 5.42. The third-order valence-electron chi connectivity index (χ3n) is 3.10. The summed E-state index contributed by atoms with van der Waals surface area (Å²) in [7, 11) is 0. The molecule has 4 heteroatoms. The number of rotatable bonds is 6. The molecule has 0 saturated carbocycles. The topological polar surface area (TPSA) is 47.6 Å². The van der Waals surface area contributed by atoms with E-state index in [-0.39, 0.29) is 5.91 Å². The van der Waals surface area contributed by atoms with Crippen LogP contribution in [0.2, 0.25) is 0 Å². The van der Waals surface area contributed by atoms with Gasteiger partial charge in [0.2, 0.25) is 0 Å². The second-order valence-corrected chi connectivity index (χ2v) is 5.02. The number of ether oxygens (including phenoxy) is 2. The van der Waals surface area contributed by atoms with Gasteiger partial charge < -0.3 is 14.8 Å². The SMILES string of the molecule is CCOc1ccc(NC(=O)C(C)Oc2cccc(C)c2)cc1. The third-order valence-corrected chi connectivity index (χ3v) is 3.10. The minimum absolute atomic E-state index is 0.189. The molecule has 0 heterocycles. The predicted molar refractivity (Wildman–Crippen MR) is 87.5 cm³/mol. The Bertz CT molecular complexity index is 622. The molecular weight excluding hydrogens is 278 g/mol. The largest absolute Gasteiger partial charge is 0.494 e. The second kappa shape index (κ2) is 7.50. The number of hydrogen-bond acceptors (Lipinski definition) is 3. The van der Waals surface area contributed by atoms with E-state index in [1.165, 1.54) is 0 Å². The first kappa shape index (κ1) is 15.9. The van der Waals surface area contributed by atoms with E-state index < -0.39 is 6.10 Å². The zero-order chi connectivity index (χ0) is 15.9. The van der Waals surface area contributed by atoms with Gasteiger partial charge in [-0.3, -0.25) is 4.79 Å². The summed E-state index contributed by atoms with van der Waals surface area (Å²) in [6.45, 7) is 6.26. The lowest BCUT2D eigenvalue weighted by Gasteiger charge is -2.15. The second-order valence-electron chi connectivity index (χ2n) is 5.02. The van der Waals surface area contributed by atoms with E-state index in [4.69, 9.17) is 9.47 Å². The van der Waals surface area contributed by atoms with Crippen molar-refractivity contribution in [3.63, 3.8) is 0 Å². The quantitative estimate of drug-likeness (QED) is 0.882. The number of benzene rings is 2. The highest BCUT2D eigenvalue weighted by Gasteiger charge is 2.14. The van der Waals surface area contributed by atoms with Gasteiger partial charge in [-0.25, -0.2) is 0 Å². The fourth-order valence-electron chi connectivity index (χ4n) is 1.99. The van der Waals surface area contributed by atoms with Gasteiger partial charge in [-0.1, -0.05) is 12.1 Å². The molecule has 2 rings (SSSR count). The van der Waals surface area contributed by atoms with Gasteiger partial charge in [-0.15, -0.1) is 0 Å². The summed E-state index contributed by atoms with van der Waals surface area (Å²) in [5.74, 6) is 1.28. The average Bonchev–Trinajstić information content (AvgIpc) is 2.49. The molecule has 0 aliphatic carbocycles. The zero-order valence-electron chi connectivity index (χ0n) is 13.1. The summed E-state index contributed by atoms with van der Waals surface area (Å²) >= 11 is 0. The Hall–Kier alpha value is -2.49. The van der Waals surface area contributed by atoms with Crippen LogP contribution < -0.4 is 14.8 Å². The number of aryl methyl sites for hydroxylation is 1. The van der Waals surface area contributed by atoms with E-state index in [1.807, 2.05) is 62.4 Å². The highest BCUT2D eigenvalue weighted by Crippen LogP contribution is 2.17. The number of carbonyl (C=O) groups is 1. The van der Waals surface area contributed by atoms with Crippen LogP contribution in [0.4, 0.5) is 5.69 Å². The van der Waals surface area contributed by atoms with Crippen molar-refractivity contribution in [2.75, 3.05) is 11.9 Å². The summed E-state index contributed by atoms with van der Waals surface area (Å²) in [5.41, 5.74) is 1.81. The Morgan fingerprint density at radius 1 is 1.14 bits per heavy atom. The van der Waals surface area contributed by atoms with Crippen LogP contribution in [0, 0.1) is 6.92 Å². The highest BCUT2D eigenvalue weighted by atomic mass is 16.5. The summed E-state index contributed by atoms with van der Waals surface area (Å²) in [5, 5.41) is 2.83. The molecule has 0 saturated heterocycles. The van der Waals surface area contributed by atoms with Crippen LogP contribution in [0.5, 0.6) is 11.5 Å². The van der Waals surface area contributed by atoms with Crippen molar-refractivity contribution in [2.24, 2.45) is 0 Å². The van der Waals surface area contributed by atoms with Gasteiger partial charge in [0.15, 0.2) is 6.10 Å². The first-order chi connectivity index (χ1) is 10.6. The summed E-state index contributed by atoms with van der Waals surface area (Å²) < 4.78 is 11.0. The van der Waals surface area contributed by atoms with Crippen molar-refractivity contribution in [3.8, 4) is 11.5 Å². The van der Waals surface area contributed by atoms with E-state index in [9.17, 15) is 4.79 Å². The number of amides is 1. The number of nitrogens with one attached hydrogen (secondary N) is 1. The Morgan fingerprint density at radius 2 is 1.86 bits per heavy atom. The minimum atomic E-state index is -0.576. The molecule has 22 heavy (non-hydrogen) atoms. The van der Waals surface area contributed by atoms with E-state index >= 15 is 0 Å². The molecule has 0 radical (unpaired) electrons. The van der Waals surface area contributed by atoms with Crippen LogP contribution in [-0.2, 0) is 4.79 Å². The van der Waals surface area contributed by atoms with Crippen LogP contribution in [0.1, 0.15) is 19.4 Å². The maximum Gasteiger partial charge on any atom is 0.265 e. The van der Waals surface area contributed by atoms with Gasteiger partial charge in [0.05, 0.1) is 6.61 Å². The molecule has 4 nitrogen and oxygen atoms in total. The number of anilines is 1. The van der Waals surface area contributed by atoms with Crippen molar-refractivity contribution in [2.45, 2.75) is 26.9 Å². The maximum absolute atomic E-state index is 12.1. The molecule has 0 aromatic heterocycles. The molecule has 0 spiro atoms. The minimum Gasteiger partial charge on any atom is -0.494 e. The summed E-state index contributed by atoms with van der Waals surface area (Å²) in [6, 6.07) is 14.9. The first-order valence-electron chi connectivity index (χ1n) is 7.35. The lowest BCUT2D eigenvalue weighted by atomic mass is 10.2. The van der Waals surface area contributed by atoms with E-state index in [0.29, 0.717) is 18.0 Å². The van der Waals surface area contributed by atoms with Crippen molar-refractivity contribution >= 4 is 11.6 Å². The van der Waals surface area contributed by atoms with Gasteiger partial charge in [0, 0.05) is 5.69 Å². The van der Waals surface area contributed by atoms with Crippen molar-refractivity contribution in [1.29, 1.82) is 0 Å². The monoisotopic (exact) mass is 299 g/mol. The van der Waals surface area contributed by atoms with Gasteiger partial charge in [0.25, 0.3) is 5.91 Å². The molecule has 1 unspecified atom stereocenters. The molecular formula is C18H21NO3. The Labute approximate surface area is 131 Å². The molecule has 0 bridgehead atoms. The lowest BCUT2D eigenvalue weighted by molar-refractivity contribution is -0.122. The van der Waals surface area contributed by atoms with Gasteiger partial charge >= 0.3 is 0 Å². The van der Waals surface area contributed by atoms with Crippen molar-refractivity contribution < 1.29 is 14.3 Å². The zero-order valence-corrected chi connectivity index (χ0v) is 13.1. The number of hydrogen-bond donors (Lipinski definition) is 1. The Balaban J connectivity index is 1.93. The summed E-state index contributed by atoms with van der Waals surface area (Å²) in [4.78, 5) is 12.1. The van der Waals surface area contributed by atoms with Crippen molar-refractivity contribution in [1.82, 2.24) is 0 Å². The van der Waals surface area contributed by atoms with E-state index in [2.05, 4.69) is 5.32 Å². The van der Waals surface area contributed by atoms with Crippen LogP contribution in [0.25, 0.3) is 0 Å². The molecule has 1 amide bonds.